The fourth-order valence-electron chi connectivity index (χ4n) is 1.86. The Labute approximate surface area is 130 Å². The predicted molar refractivity (Wildman–Crippen MR) is 87.9 cm³/mol. The van der Waals surface area contributed by atoms with Gasteiger partial charge in [0, 0.05) is 34.2 Å². The summed E-state index contributed by atoms with van der Waals surface area (Å²) in [6, 6.07) is 10.0. The molecule has 0 saturated carbocycles. The van der Waals surface area contributed by atoms with Gasteiger partial charge >= 0.3 is 0 Å². The molecule has 6 heteroatoms. The third-order valence-corrected chi connectivity index (χ3v) is 4.64. The Hall–Kier alpha value is -1.53. The van der Waals surface area contributed by atoms with Gasteiger partial charge in [0.1, 0.15) is 0 Å². The molecule has 0 atom stereocenters. The van der Waals surface area contributed by atoms with Crippen molar-refractivity contribution in [3.63, 3.8) is 0 Å². The molecule has 0 radical (unpaired) electrons. The second-order valence-corrected chi connectivity index (χ2v) is 6.29. The molecule has 1 aromatic heterocycles. The molecule has 0 aliphatic heterocycles. The van der Waals surface area contributed by atoms with Crippen molar-refractivity contribution in [2.75, 3.05) is 18.5 Å². The summed E-state index contributed by atoms with van der Waals surface area (Å²) in [5.41, 5.74) is 7.37. The van der Waals surface area contributed by atoms with Gasteiger partial charge in [0.25, 0.3) is 0 Å². The van der Waals surface area contributed by atoms with Gasteiger partial charge < -0.3 is 15.8 Å². The Morgan fingerprint density at radius 2 is 2.25 bits per heavy atom. The average molecular weight is 354 g/mol. The van der Waals surface area contributed by atoms with Crippen LogP contribution >= 0.6 is 27.3 Å². The summed E-state index contributed by atoms with van der Waals surface area (Å²) in [7, 11) is 2.05. The highest BCUT2D eigenvalue weighted by Gasteiger charge is 2.08. The van der Waals surface area contributed by atoms with E-state index in [1.165, 1.54) is 4.88 Å². The molecule has 0 unspecified atom stereocenters. The van der Waals surface area contributed by atoms with Gasteiger partial charge in [-0.15, -0.1) is 11.3 Å². The number of thiophene rings is 1. The van der Waals surface area contributed by atoms with Gasteiger partial charge in [-0.2, -0.15) is 0 Å². The van der Waals surface area contributed by atoms with Crippen molar-refractivity contribution in [1.29, 1.82) is 0 Å². The standard InChI is InChI=1S/C14H16BrN3OS/c1-18(7-6-11-3-2-8-20-11)10-4-5-12(13(15)9-10)14(16)17-19/h2-5,8-9,19H,6-7H2,1H3,(H2,16,17). The normalized spacial score (nSPS) is 11.6. The number of nitrogens with two attached hydrogens (primary N) is 1. The SMILES string of the molecule is CN(CCc1cccs1)c1ccc(/C(N)=N/O)c(Br)c1. The Kier molecular flexibility index (Phi) is 5.03. The molecule has 2 aromatic rings. The number of anilines is 1. The maximum Gasteiger partial charge on any atom is 0.171 e. The molecule has 3 N–H and O–H groups in total. The van der Waals surface area contributed by atoms with Crippen LogP contribution in [0, 0.1) is 0 Å². The maximum absolute atomic E-state index is 8.71. The number of nitrogens with zero attached hydrogens (tertiary/aromatic N) is 2. The molecule has 4 nitrogen and oxygen atoms in total. The van der Waals surface area contributed by atoms with Crippen LogP contribution in [0.3, 0.4) is 0 Å². The van der Waals surface area contributed by atoms with Crippen LogP contribution in [-0.4, -0.2) is 24.6 Å². The van der Waals surface area contributed by atoms with E-state index in [1.54, 1.807) is 11.3 Å². The van der Waals surface area contributed by atoms with Crippen LogP contribution in [0.2, 0.25) is 0 Å². The van der Waals surface area contributed by atoms with E-state index in [9.17, 15) is 0 Å². The van der Waals surface area contributed by atoms with E-state index in [4.69, 9.17) is 10.9 Å². The van der Waals surface area contributed by atoms with E-state index in [0.29, 0.717) is 5.56 Å². The lowest BCUT2D eigenvalue weighted by Gasteiger charge is -2.20. The molecule has 0 aliphatic carbocycles. The molecular weight excluding hydrogens is 338 g/mol. The summed E-state index contributed by atoms with van der Waals surface area (Å²) >= 11 is 5.23. The van der Waals surface area contributed by atoms with Crippen LogP contribution in [0.25, 0.3) is 0 Å². The van der Waals surface area contributed by atoms with Crippen molar-refractivity contribution in [2.45, 2.75) is 6.42 Å². The number of benzene rings is 1. The molecule has 20 heavy (non-hydrogen) atoms. The molecular formula is C14H16BrN3OS. The molecule has 0 fully saturated rings. The lowest BCUT2D eigenvalue weighted by molar-refractivity contribution is 0.318. The van der Waals surface area contributed by atoms with Crippen molar-refractivity contribution in [3.8, 4) is 0 Å². The molecule has 0 bridgehead atoms. The van der Waals surface area contributed by atoms with Crippen molar-refractivity contribution in [2.24, 2.45) is 10.9 Å². The number of likely N-dealkylation sites (N-methyl/N-ethyl adjacent to an activating group) is 1. The smallest absolute Gasteiger partial charge is 0.171 e. The first kappa shape index (κ1) is 14.9. The molecule has 0 amide bonds. The Balaban J connectivity index is 2.07. The summed E-state index contributed by atoms with van der Waals surface area (Å²) in [5, 5.41) is 13.8. The van der Waals surface area contributed by atoms with Crippen LogP contribution in [-0.2, 0) is 6.42 Å². The van der Waals surface area contributed by atoms with Crippen molar-refractivity contribution >= 4 is 38.8 Å². The van der Waals surface area contributed by atoms with Crippen LogP contribution in [0.1, 0.15) is 10.4 Å². The fraction of sp³-hybridized carbons (Fsp3) is 0.214. The lowest BCUT2D eigenvalue weighted by atomic mass is 10.2. The zero-order chi connectivity index (χ0) is 14.5. The summed E-state index contributed by atoms with van der Waals surface area (Å²) in [6.07, 6.45) is 1.02. The average Bonchev–Trinajstić information content (AvgIpc) is 2.97. The summed E-state index contributed by atoms with van der Waals surface area (Å²) in [6.45, 7) is 0.940. The summed E-state index contributed by atoms with van der Waals surface area (Å²) in [4.78, 5) is 3.56. The number of halogens is 1. The van der Waals surface area contributed by atoms with Gasteiger partial charge in [0.05, 0.1) is 0 Å². The molecule has 1 heterocycles. The third-order valence-electron chi connectivity index (χ3n) is 3.05. The molecule has 0 spiro atoms. The van der Waals surface area contributed by atoms with Crippen molar-refractivity contribution in [1.82, 2.24) is 0 Å². The van der Waals surface area contributed by atoms with Crippen LogP contribution < -0.4 is 10.6 Å². The maximum atomic E-state index is 8.71. The Morgan fingerprint density at radius 1 is 1.45 bits per heavy atom. The van der Waals surface area contributed by atoms with Crippen molar-refractivity contribution in [3.05, 3.63) is 50.6 Å². The molecule has 0 saturated heterocycles. The number of oxime groups is 1. The highest BCUT2D eigenvalue weighted by molar-refractivity contribution is 9.10. The van der Waals surface area contributed by atoms with Gasteiger partial charge in [-0.1, -0.05) is 11.2 Å². The molecule has 2 rings (SSSR count). The number of hydrogen-bond acceptors (Lipinski definition) is 4. The quantitative estimate of drug-likeness (QED) is 0.375. The number of rotatable bonds is 5. The number of amidine groups is 1. The molecule has 106 valence electrons. The van der Waals surface area contributed by atoms with Crippen LogP contribution in [0.5, 0.6) is 0 Å². The number of hydrogen-bond donors (Lipinski definition) is 2. The molecule has 1 aromatic carbocycles. The topological polar surface area (TPSA) is 61.8 Å². The zero-order valence-corrected chi connectivity index (χ0v) is 13.5. The first-order valence-corrected chi connectivity index (χ1v) is 7.80. The van der Waals surface area contributed by atoms with Gasteiger partial charge in [-0.25, -0.2) is 0 Å². The first-order valence-electron chi connectivity index (χ1n) is 6.13. The molecule has 0 aliphatic rings. The minimum atomic E-state index is 0.102. The highest BCUT2D eigenvalue weighted by atomic mass is 79.9. The predicted octanol–water partition coefficient (Wildman–Crippen LogP) is 3.28. The van der Waals surface area contributed by atoms with Crippen LogP contribution in [0.15, 0.2) is 45.3 Å². The highest BCUT2D eigenvalue weighted by Crippen LogP contribution is 2.24. The second-order valence-electron chi connectivity index (χ2n) is 4.40. The second kappa shape index (κ2) is 6.76. The van der Waals surface area contributed by atoms with Gasteiger partial charge in [-0.05, 0) is 52.0 Å². The first-order chi connectivity index (χ1) is 9.61. The fourth-order valence-corrected chi connectivity index (χ4v) is 3.13. The van der Waals surface area contributed by atoms with E-state index >= 15 is 0 Å². The minimum absolute atomic E-state index is 0.102. The van der Waals surface area contributed by atoms with E-state index < -0.39 is 0 Å². The van der Waals surface area contributed by atoms with E-state index in [-0.39, 0.29) is 5.84 Å². The zero-order valence-electron chi connectivity index (χ0n) is 11.1. The summed E-state index contributed by atoms with van der Waals surface area (Å²) in [5.74, 6) is 0.102. The monoisotopic (exact) mass is 353 g/mol. The lowest BCUT2D eigenvalue weighted by Crippen LogP contribution is -2.20. The van der Waals surface area contributed by atoms with Crippen molar-refractivity contribution < 1.29 is 5.21 Å². The van der Waals surface area contributed by atoms with E-state index in [2.05, 4.69) is 50.5 Å². The van der Waals surface area contributed by atoms with Gasteiger partial charge in [-0.3, -0.25) is 0 Å². The van der Waals surface area contributed by atoms with Gasteiger partial charge in [0.15, 0.2) is 5.84 Å². The summed E-state index contributed by atoms with van der Waals surface area (Å²) < 4.78 is 0.813. The van der Waals surface area contributed by atoms with E-state index in [1.807, 2.05) is 18.2 Å². The largest absolute Gasteiger partial charge is 0.409 e. The van der Waals surface area contributed by atoms with E-state index in [0.717, 1.165) is 23.1 Å². The third kappa shape index (κ3) is 3.52. The minimum Gasteiger partial charge on any atom is -0.409 e. The Morgan fingerprint density at radius 3 is 2.85 bits per heavy atom. The Bertz CT molecular complexity index is 598. The van der Waals surface area contributed by atoms with Crippen LogP contribution in [0.4, 0.5) is 5.69 Å². The van der Waals surface area contributed by atoms with Gasteiger partial charge in [0.2, 0.25) is 0 Å².